The lowest BCUT2D eigenvalue weighted by Gasteiger charge is -2.37. The number of pyridine rings is 1. The van der Waals surface area contributed by atoms with Crippen molar-refractivity contribution in [1.29, 1.82) is 5.26 Å². The van der Waals surface area contributed by atoms with Gasteiger partial charge in [-0.25, -0.2) is 4.39 Å². The molecule has 0 bridgehead atoms. The van der Waals surface area contributed by atoms with E-state index in [9.17, 15) is 24.7 Å². The van der Waals surface area contributed by atoms with Gasteiger partial charge in [0.05, 0.1) is 34.8 Å². The number of halogens is 1. The first-order chi connectivity index (χ1) is 15.9. The zero-order valence-corrected chi connectivity index (χ0v) is 18.1. The molecule has 0 radical (unpaired) electrons. The highest BCUT2D eigenvalue weighted by atomic mass is 19.1. The molecule has 1 amide bonds. The first-order valence-corrected chi connectivity index (χ1v) is 11.1. The number of aliphatic hydroxyl groups excluding tert-OH is 1. The van der Waals surface area contributed by atoms with Crippen LogP contribution in [-0.2, 0) is 5.41 Å². The molecule has 1 saturated carbocycles. The average Bonchev–Trinajstić information content (AvgIpc) is 3.65. The van der Waals surface area contributed by atoms with Gasteiger partial charge in [0.2, 0.25) is 0 Å². The molecule has 1 aliphatic carbocycles. The van der Waals surface area contributed by atoms with Crippen LogP contribution in [-0.4, -0.2) is 51.3 Å². The van der Waals surface area contributed by atoms with Crippen LogP contribution in [0.4, 0.5) is 4.39 Å². The first kappa shape index (κ1) is 21.5. The van der Waals surface area contributed by atoms with Crippen molar-refractivity contribution in [2.45, 2.75) is 36.7 Å². The van der Waals surface area contributed by atoms with Crippen molar-refractivity contribution in [2.24, 2.45) is 0 Å². The fraction of sp³-hybridized carbons (Fsp3) is 0.346. The van der Waals surface area contributed by atoms with Crippen molar-refractivity contribution in [2.75, 3.05) is 19.7 Å². The van der Waals surface area contributed by atoms with E-state index in [0.717, 1.165) is 24.0 Å². The fourth-order valence-corrected chi connectivity index (χ4v) is 4.64. The molecule has 168 valence electrons. The van der Waals surface area contributed by atoms with Crippen LogP contribution in [0, 0.1) is 17.1 Å². The molecule has 0 atom stereocenters. The number of aliphatic hydroxyl groups is 2. The largest absolute Gasteiger partial charge is 0.393 e. The van der Waals surface area contributed by atoms with Crippen LogP contribution in [0.2, 0.25) is 0 Å². The zero-order chi connectivity index (χ0) is 23.2. The van der Waals surface area contributed by atoms with Crippen LogP contribution >= 0.6 is 0 Å². The molecule has 7 heteroatoms. The fourth-order valence-electron chi connectivity index (χ4n) is 4.64. The Morgan fingerprint density at radius 2 is 1.82 bits per heavy atom. The van der Waals surface area contributed by atoms with Gasteiger partial charge in [0.1, 0.15) is 5.82 Å². The smallest absolute Gasteiger partial charge is 0.256 e. The number of fused-ring (bicyclic) bond motifs is 1. The summed E-state index contributed by atoms with van der Waals surface area (Å²) in [6.07, 6.45) is 3.77. The summed E-state index contributed by atoms with van der Waals surface area (Å²) in [6, 6.07) is 14.3. The molecule has 1 aliphatic heterocycles. The SMILES string of the molecule is N#CC1(c2ccc(-c3c(C(=O)N4CCC(O)(CO)CC4)cnc4ccc(F)cc34)cc2)CC1. The molecule has 0 unspecified atom stereocenters. The van der Waals surface area contributed by atoms with Gasteiger partial charge in [-0.1, -0.05) is 24.3 Å². The monoisotopic (exact) mass is 445 g/mol. The molecule has 2 fully saturated rings. The normalized spacial score (nSPS) is 18.7. The number of likely N-dealkylation sites (tertiary alicyclic amines) is 1. The van der Waals surface area contributed by atoms with E-state index in [1.54, 1.807) is 11.0 Å². The predicted octanol–water partition coefficient (Wildman–Crippen LogP) is 3.56. The van der Waals surface area contributed by atoms with E-state index in [1.807, 2.05) is 24.3 Å². The van der Waals surface area contributed by atoms with Gasteiger partial charge in [0.15, 0.2) is 0 Å². The molecule has 6 nitrogen and oxygen atoms in total. The van der Waals surface area contributed by atoms with Gasteiger partial charge in [0.25, 0.3) is 5.91 Å². The van der Waals surface area contributed by atoms with Crippen molar-refractivity contribution in [3.63, 3.8) is 0 Å². The minimum absolute atomic E-state index is 0.247. The van der Waals surface area contributed by atoms with Crippen molar-refractivity contribution in [3.05, 3.63) is 65.6 Å². The maximum absolute atomic E-state index is 14.2. The molecular weight excluding hydrogens is 421 g/mol. The van der Waals surface area contributed by atoms with E-state index in [0.29, 0.717) is 35.1 Å². The molecule has 2 heterocycles. The number of carbonyl (C=O) groups is 1. The highest BCUT2D eigenvalue weighted by molar-refractivity contribution is 6.08. The van der Waals surface area contributed by atoms with Crippen LogP contribution in [0.1, 0.15) is 41.6 Å². The molecule has 33 heavy (non-hydrogen) atoms. The average molecular weight is 445 g/mol. The second-order valence-corrected chi connectivity index (χ2v) is 9.15. The van der Waals surface area contributed by atoms with E-state index in [2.05, 4.69) is 11.1 Å². The van der Waals surface area contributed by atoms with Gasteiger partial charge in [-0.05, 0) is 55.0 Å². The van der Waals surface area contributed by atoms with Crippen LogP contribution in [0.15, 0.2) is 48.7 Å². The van der Waals surface area contributed by atoms with Gasteiger partial charge < -0.3 is 15.1 Å². The summed E-state index contributed by atoms with van der Waals surface area (Å²) in [6.45, 7) is 0.272. The molecule has 2 aliphatic rings. The van der Waals surface area contributed by atoms with Gasteiger partial charge in [-0.15, -0.1) is 0 Å². The number of rotatable bonds is 4. The predicted molar refractivity (Wildman–Crippen MR) is 121 cm³/mol. The molecule has 0 spiro atoms. The van der Waals surface area contributed by atoms with Crippen LogP contribution in [0.3, 0.4) is 0 Å². The number of nitriles is 1. The summed E-state index contributed by atoms with van der Waals surface area (Å²) in [5, 5.41) is 29.8. The maximum atomic E-state index is 14.2. The Morgan fingerprint density at radius 3 is 2.42 bits per heavy atom. The molecule has 3 aromatic rings. The Morgan fingerprint density at radius 1 is 1.12 bits per heavy atom. The summed E-state index contributed by atoms with van der Waals surface area (Å²) in [5.74, 6) is -0.664. The lowest BCUT2D eigenvalue weighted by molar-refractivity contribution is -0.0546. The first-order valence-electron chi connectivity index (χ1n) is 11.1. The quantitative estimate of drug-likeness (QED) is 0.640. The van der Waals surface area contributed by atoms with Gasteiger partial charge in [0, 0.05) is 30.2 Å². The van der Waals surface area contributed by atoms with Gasteiger partial charge in [-0.2, -0.15) is 5.26 Å². The van der Waals surface area contributed by atoms with Crippen molar-refractivity contribution in [1.82, 2.24) is 9.88 Å². The van der Waals surface area contributed by atoms with E-state index >= 15 is 0 Å². The molecular formula is C26H24FN3O3. The Kier molecular flexibility index (Phi) is 5.15. The molecule has 5 rings (SSSR count). The third-order valence-corrected chi connectivity index (χ3v) is 7.03. The lowest BCUT2D eigenvalue weighted by Crippen LogP contribution is -2.48. The van der Waals surface area contributed by atoms with Crippen molar-refractivity contribution >= 4 is 16.8 Å². The number of piperidine rings is 1. The molecule has 2 N–H and O–H groups in total. The standard InChI is InChI=1S/C26H24FN3O3/c27-19-5-6-22-20(13-19)23(17-1-3-18(4-2-17)25(15-28)7-8-25)21(14-29-22)24(32)30-11-9-26(33,16-31)10-12-30/h1-6,13-14,31,33H,7-12,16H2. The number of benzene rings is 2. The van der Waals surface area contributed by atoms with Crippen LogP contribution in [0.5, 0.6) is 0 Å². The van der Waals surface area contributed by atoms with Gasteiger partial charge in [-0.3, -0.25) is 9.78 Å². The number of hydrogen-bond donors (Lipinski definition) is 2. The number of nitrogens with zero attached hydrogens (tertiary/aromatic N) is 3. The summed E-state index contributed by atoms with van der Waals surface area (Å²) >= 11 is 0. The van der Waals surface area contributed by atoms with Gasteiger partial charge >= 0.3 is 0 Å². The number of hydrogen-bond acceptors (Lipinski definition) is 5. The highest BCUT2D eigenvalue weighted by Crippen LogP contribution is 2.48. The summed E-state index contributed by atoms with van der Waals surface area (Å²) in [5.41, 5.74) is 1.65. The van der Waals surface area contributed by atoms with E-state index in [1.165, 1.54) is 18.3 Å². The number of carbonyl (C=O) groups excluding carboxylic acids is 1. The highest BCUT2D eigenvalue weighted by Gasteiger charge is 2.44. The Bertz CT molecular complexity index is 1270. The third-order valence-electron chi connectivity index (χ3n) is 7.03. The molecule has 2 aromatic carbocycles. The van der Waals surface area contributed by atoms with E-state index in [-0.39, 0.29) is 25.4 Å². The van der Waals surface area contributed by atoms with Crippen molar-refractivity contribution in [3.8, 4) is 17.2 Å². The molecule has 1 aromatic heterocycles. The number of aromatic nitrogens is 1. The molecule has 1 saturated heterocycles. The second-order valence-electron chi connectivity index (χ2n) is 9.15. The minimum atomic E-state index is -1.17. The Balaban J connectivity index is 1.58. The third kappa shape index (κ3) is 3.75. The maximum Gasteiger partial charge on any atom is 0.256 e. The summed E-state index contributed by atoms with van der Waals surface area (Å²) < 4.78 is 14.2. The van der Waals surface area contributed by atoms with E-state index < -0.39 is 16.8 Å². The van der Waals surface area contributed by atoms with E-state index in [4.69, 9.17) is 0 Å². The zero-order valence-electron chi connectivity index (χ0n) is 18.1. The topological polar surface area (TPSA) is 97.5 Å². The van der Waals surface area contributed by atoms with Crippen LogP contribution in [0.25, 0.3) is 22.0 Å². The Hall–Kier alpha value is -3.34. The minimum Gasteiger partial charge on any atom is -0.393 e. The van der Waals surface area contributed by atoms with Crippen LogP contribution < -0.4 is 0 Å². The lowest BCUT2D eigenvalue weighted by atomic mass is 9.90. The summed E-state index contributed by atoms with van der Waals surface area (Å²) in [4.78, 5) is 19.5. The Labute approximate surface area is 190 Å². The second kappa shape index (κ2) is 7.91. The number of amides is 1. The van der Waals surface area contributed by atoms with Crippen molar-refractivity contribution < 1.29 is 19.4 Å². The summed E-state index contributed by atoms with van der Waals surface area (Å²) in [7, 11) is 0.